The molecule has 4 rings (SSSR count). The van der Waals surface area contributed by atoms with E-state index in [1.54, 1.807) is 0 Å². The van der Waals surface area contributed by atoms with Gasteiger partial charge in [-0.1, -0.05) is 6.07 Å². The van der Waals surface area contributed by atoms with Gasteiger partial charge in [0, 0.05) is 25.3 Å². The maximum Gasteiger partial charge on any atom is 0.260 e. The molecule has 124 valence electrons. The van der Waals surface area contributed by atoms with Crippen molar-refractivity contribution < 1.29 is 9.53 Å². The molecule has 0 atom stereocenters. The third-order valence-electron chi connectivity index (χ3n) is 4.41. The number of pyridine rings is 1. The van der Waals surface area contributed by atoms with Crippen LogP contribution in [0.2, 0.25) is 0 Å². The van der Waals surface area contributed by atoms with Crippen LogP contribution in [0.5, 0.6) is 0 Å². The highest BCUT2D eigenvalue weighted by Crippen LogP contribution is 2.38. The predicted molar refractivity (Wildman–Crippen MR) is 92.3 cm³/mol. The third kappa shape index (κ3) is 2.50. The highest BCUT2D eigenvalue weighted by atomic mass is 32.1. The molecule has 1 aliphatic rings. The van der Waals surface area contributed by atoms with Crippen molar-refractivity contribution in [2.45, 2.75) is 25.7 Å². The Morgan fingerprint density at radius 1 is 1.38 bits per heavy atom. The molecular weight excluding hydrogens is 324 g/mol. The summed E-state index contributed by atoms with van der Waals surface area (Å²) >= 11 is 1.37. The zero-order valence-electron chi connectivity index (χ0n) is 13.4. The molecule has 2 N–H and O–H groups in total. The minimum atomic E-state index is -0.408. The Morgan fingerprint density at radius 3 is 2.92 bits per heavy atom. The summed E-state index contributed by atoms with van der Waals surface area (Å²) in [5.41, 5.74) is 9.29. The Labute approximate surface area is 143 Å². The number of amides is 1. The summed E-state index contributed by atoms with van der Waals surface area (Å²) in [4.78, 5) is 17.3. The Balaban J connectivity index is 1.86. The first-order valence-corrected chi connectivity index (χ1v) is 8.79. The predicted octanol–water partition coefficient (Wildman–Crippen LogP) is 2.76. The minimum absolute atomic E-state index is 0.230. The largest absolute Gasteiger partial charge is 0.381 e. The van der Waals surface area contributed by atoms with Gasteiger partial charge in [-0.3, -0.25) is 4.79 Å². The number of carbonyl (C=O) groups excluding carboxylic acids is 1. The average molecular weight is 342 g/mol. The van der Waals surface area contributed by atoms with Crippen LogP contribution in [0.15, 0.2) is 24.4 Å². The fourth-order valence-electron chi connectivity index (χ4n) is 3.24. The van der Waals surface area contributed by atoms with Crippen molar-refractivity contribution >= 4 is 22.8 Å². The van der Waals surface area contributed by atoms with Crippen LogP contribution in [-0.4, -0.2) is 33.7 Å². The summed E-state index contributed by atoms with van der Waals surface area (Å²) < 4.78 is 7.26. The number of ether oxygens (including phenoxy) is 1. The van der Waals surface area contributed by atoms with Crippen LogP contribution in [0.25, 0.3) is 16.1 Å². The van der Waals surface area contributed by atoms with Crippen LogP contribution in [0.4, 0.5) is 0 Å². The molecule has 1 aliphatic heterocycles. The van der Waals surface area contributed by atoms with E-state index in [9.17, 15) is 4.79 Å². The monoisotopic (exact) mass is 342 g/mol. The molecule has 4 heterocycles. The second-order valence-corrected chi connectivity index (χ2v) is 6.97. The fraction of sp³-hybridized carbons (Fsp3) is 0.353. The normalized spacial score (nSPS) is 15.9. The maximum atomic E-state index is 11.9. The molecule has 0 aliphatic carbocycles. The van der Waals surface area contributed by atoms with Gasteiger partial charge in [-0.2, -0.15) is 5.10 Å². The van der Waals surface area contributed by atoms with Crippen molar-refractivity contribution in [2.24, 2.45) is 5.73 Å². The van der Waals surface area contributed by atoms with Gasteiger partial charge in [-0.25, -0.2) is 9.50 Å². The topological polar surface area (TPSA) is 82.5 Å². The highest BCUT2D eigenvalue weighted by molar-refractivity contribution is 7.17. The van der Waals surface area contributed by atoms with Crippen molar-refractivity contribution in [2.75, 3.05) is 13.2 Å². The van der Waals surface area contributed by atoms with Gasteiger partial charge in [0.2, 0.25) is 0 Å². The third-order valence-corrected chi connectivity index (χ3v) is 5.52. The summed E-state index contributed by atoms with van der Waals surface area (Å²) in [7, 11) is 0. The molecule has 0 radical (unpaired) electrons. The number of primary amides is 1. The molecule has 0 aromatic carbocycles. The first-order chi connectivity index (χ1) is 11.6. The van der Waals surface area contributed by atoms with Crippen LogP contribution in [0, 0.1) is 6.92 Å². The lowest BCUT2D eigenvalue weighted by atomic mass is 9.95. The van der Waals surface area contributed by atoms with E-state index in [1.807, 2.05) is 35.8 Å². The van der Waals surface area contributed by atoms with Crippen LogP contribution in [0.1, 0.15) is 39.8 Å². The number of hydrogen-bond donors (Lipinski definition) is 1. The van der Waals surface area contributed by atoms with Crippen molar-refractivity contribution in [3.8, 4) is 10.6 Å². The summed E-state index contributed by atoms with van der Waals surface area (Å²) in [6.45, 7) is 3.36. The second kappa shape index (κ2) is 5.99. The fourth-order valence-corrected chi connectivity index (χ4v) is 4.35. The van der Waals surface area contributed by atoms with E-state index in [0.717, 1.165) is 40.3 Å². The summed E-state index contributed by atoms with van der Waals surface area (Å²) in [5.74, 6) is -0.178. The number of carbonyl (C=O) groups is 1. The quantitative estimate of drug-likeness (QED) is 0.793. The molecule has 1 fully saturated rings. The Kier molecular flexibility index (Phi) is 3.82. The van der Waals surface area contributed by atoms with E-state index in [4.69, 9.17) is 15.5 Å². The van der Waals surface area contributed by atoms with Gasteiger partial charge >= 0.3 is 0 Å². The van der Waals surface area contributed by atoms with Gasteiger partial charge in [-0.15, -0.1) is 11.3 Å². The number of rotatable bonds is 3. The number of nitrogens with two attached hydrogens (primary N) is 1. The number of thiazole rings is 1. The molecule has 1 amide bonds. The SMILES string of the molecule is Cc1nn2ccccc2c1-c1nc(C2CCOCC2)c(C(N)=O)s1. The lowest BCUT2D eigenvalue weighted by Gasteiger charge is -2.20. The van der Waals surface area contributed by atoms with Crippen LogP contribution < -0.4 is 5.73 Å². The van der Waals surface area contributed by atoms with Crippen molar-refractivity contribution in [1.82, 2.24) is 14.6 Å². The van der Waals surface area contributed by atoms with Gasteiger partial charge in [0.25, 0.3) is 5.91 Å². The summed E-state index contributed by atoms with van der Waals surface area (Å²) in [6.07, 6.45) is 3.65. The summed E-state index contributed by atoms with van der Waals surface area (Å²) in [5, 5.41) is 5.34. The van der Waals surface area contributed by atoms with Gasteiger partial charge in [0.15, 0.2) is 0 Å². The molecule has 0 spiro atoms. The molecule has 0 unspecified atom stereocenters. The van der Waals surface area contributed by atoms with Crippen LogP contribution >= 0.6 is 11.3 Å². The van der Waals surface area contributed by atoms with Gasteiger partial charge < -0.3 is 10.5 Å². The molecular formula is C17H18N4O2S. The van der Waals surface area contributed by atoms with Crippen molar-refractivity contribution in [1.29, 1.82) is 0 Å². The zero-order valence-corrected chi connectivity index (χ0v) is 14.2. The Morgan fingerprint density at radius 2 is 2.17 bits per heavy atom. The standard InChI is InChI=1S/C17H18N4O2S/c1-10-13(12-4-2-3-7-21(12)20-10)17-19-14(15(24-17)16(18)22)11-5-8-23-9-6-11/h2-4,7,11H,5-6,8-9H2,1H3,(H2,18,22). The van der Waals surface area contributed by atoms with E-state index < -0.39 is 5.91 Å². The van der Waals surface area contributed by atoms with E-state index in [2.05, 4.69) is 5.10 Å². The minimum Gasteiger partial charge on any atom is -0.381 e. The number of hydrogen-bond acceptors (Lipinski definition) is 5. The van der Waals surface area contributed by atoms with E-state index in [-0.39, 0.29) is 5.92 Å². The molecule has 1 saturated heterocycles. The second-order valence-electron chi connectivity index (χ2n) is 5.98. The van der Waals surface area contributed by atoms with Crippen LogP contribution in [-0.2, 0) is 4.74 Å². The molecule has 0 saturated carbocycles. The average Bonchev–Trinajstić information content (AvgIpc) is 3.16. The number of fused-ring (bicyclic) bond motifs is 1. The number of nitrogens with zero attached hydrogens (tertiary/aromatic N) is 3. The molecule has 0 bridgehead atoms. The molecule has 7 heteroatoms. The highest BCUT2D eigenvalue weighted by Gasteiger charge is 2.27. The summed E-state index contributed by atoms with van der Waals surface area (Å²) in [6, 6.07) is 5.92. The van der Waals surface area contributed by atoms with Crippen LogP contribution in [0.3, 0.4) is 0 Å². The van der Waals surface area contributed by atoms with Gasteiger partial charge in [0.1, 0.15) is 9.88 Å². The first kappa shape index (κ1) is 15.3. The zero-order chi connectivity index (χ0) is 16.7. The van der Waals surface area contributed by atoms with Crippen molar-refractivity contribution in [3.05, 3.63) is 40.7 Å². The molecule has 24 heavy (non-hydrogen) atoms. The lowest BCUT2D eigenvalue weighted by Crippen LogP contribution is -2.18. The van der Waals surface area contributed by atoms with E-state index in [0.29, 0.717) is 18.1 Å². The van der Waals surface area contributed by atoms with E-state index in [1.165, 1.54) is 11.3 Å². The van der Waals surface area contributed by atoms with Crippen molar-refractivity contribution in [3.63, 3.8) is 0 Å². The number of aromatic nitrogens is 3. The van der Waals surface area contributed by atoms with Gasteiger partial charge in [-0.05, 0) is 31.9 Å². The van der Waals surface area contributed by atoms with Gasteiger partial charge in [0.05, 0.1) is 22.5 Å². The first-order valence-electron chi connectivity index (χ1n) is 7.97. The number of aryl methyl sites for hydroxylation is 1. The maximum absolute atomic E-state index is 11.9. The molecule has 3 aromatic rings. The molecule has 6 nitrogen and oxygen atoms in total. The molecule has 3 aromatic heterocycles. The van der Waals surface area contributed by atoms with E-state index >= 15 is 0 Å². The Hall–Kier alpha value is -2.25. The lowest BCUT2D eigenvalue weighted by molar-refractivity contribution is 0.0838. The smallest absolute Gasteiger partial charge is 0.260 e. The Bertz CT molecular complexity index is 909.